The Morgan fingerprint density at radius 2 is 1.67 bits per heavy atom. The summed E-state index contributed by atoms with van der Waals surface area (Å²) in [5, 5.41) is 5.37. The summed E-state index contributed by atoms with van der Waals surface area (Å²) in [6, 6.07) is 15.4. The van der Waals surface area contributed by atoms with E-state index in [-0.39, 0.29) is 17.4 Å². The van der Waals surface area contributed by atoms with E-state index in [4.69, 9.17) is 0 Å². The Bertz CT molecular complexity index is 953. The molecule has 2 N–H and O–H groups in total. The van der Waals surface area contributed by atoms with Crippen molar-refractivity contribution in [1.82, 2.24) is 4.98 Å². The van der Waals surface area contributed by atoms with Crippen molar-refractivity contribution in [3.63, 3.8) is 0 Å². The maximum absolute atomic E-state index is 13.0. The molecule has 7 heteroatoms. The molecule has 0 fully saturated rings. The molecule has 0 spiro atoms. The summed E-state index contributed by atoms with van der Waals surface area (Å²) < 4.78 is 39.1. The van der Waals surface area contributed by atoms with E-state index in [1.807, 2.05) is 19.1 Å². The largest absolute Gasteiger partial charge is 0.418 e. The fourth-order valence-corrected chi connectivity index (χ4v) is 2.55. The first-order chi connectivity index (χ1) is 12.8. The van der Waals surface area contributed by atoms with Gasteiger partial charge in [0.25, 0.3) is 5.91 Å². The number of nitrogens with zero attached hydrogens (tertiary/aromatic N) is 1. The number of hydrogen-bond donors (Lipinski definition) is 2. The third-order valence-corrected chi connectivity index (χ3v) is 3.91. The number of rotatable bonds is 4. The van der Waals surface area contributed by atoms with E-state index in [2.05, 4.69) is 15.6 Å². The van der Waals surface area contributed by atoms with Crippen LogP contribution < -0.4 is 10.6 Å². The molecule has 0 saturated carbocycles. The highest BCUT2D eigenvalue weighted by Gasteiger charge is 2.33. The minimum atomic E-state index is -4.47. The summed E-state index contributed by atoms with van der Waals surface area (Å²) in [6.45, 7) is 1.83. The summed E-state index contributed by atoms with van der Waals surface area (Å²) >= 11 is 0. The molecule has 4 nitrogen and oxygen atoms in total. The lowest BCUT2D eigenvalue weighted by Gasteiger charge is -2.14. The topological polar surface area (TPSA) is 54.0 Å². The van der Waals surface area contributed by atoms with Crippen molar-refractivity contribution in [2.75, 3.05) is 10.6 Å². The fraction of sp³-hybridized carbons (Fsp3) is 0.100. The molecule has 3 aromatic rings. The van der Waals surface area contributed by atoms with Gasteiger partial charge in [-0.15, -0.1) is 0 Å². The number of hydrogen-bond acceptors (Lipinski definition) is 3. The zero-order chi connectivity index (χ0) is 19.4. The number of anilines is 3. The van der Waals surface area contributed by atoms with Gasteiger partial charge in [0.15, 0.2) is 0 Å². The van der Waals surface area contributed by atoms with Gasteiger partial charge in [0.1, 0.15) is 5.82 Å². The Hall–Kier alpha value is -3.35. The number of benzene rings is 2. The summed E-state index contributed by atoms with van der Waals surface area (Å²) in [5.41, 5.74) is 0.958. The molecule has 0 bridgehead atoms. The summed E-state index contributed by atoms with van der Waals surface area (Å²) in [7, 11) is 0. The van der Waals surface area contributed by atoms with Crippen molar-refractivity contribution >= 4 is 23.1 Å². The number of para-hydroxylation sites is 1. The lowest BCUT2D eigenvalue weighted by Crippen LogP contribution is -2.13. The predicted molar refractivity (Wildman–Crippen MR) is 98.1 cm³/mol. The van der Waals surface area contributed by atoms with E-state index in [1.54, 1.807) is 18.2 Å². The van der Waals surface area contributed by atoms with E-state index < -0.39 is 11.7 Å². The zero-order valence-electron chi connectivity index (χ0n) is 14.3. The molecule has 0 saturated heterocycles. The maximum atomic E-state index is 13.0. The lowest BCUT2D eigenvalue weighted by atomic mass is 10.1. The second-order valence-electron chi connectivity index (χ2n) is 5.87. The zero-order valence-corrected chi connectivity index (χ0v) is 14.3. The van der Waals surface area contributed by atoms with Gasteiger partial charge in [-0.3, -0.25) is 4.79 Å². The Morgan fingerprint density at radius 3 is 2.33 bits per heavy atom. The lowest BCUT2D eigenvalue weighted by molar-refractivity contribution is -0.136. The van der Waals surface area contributed by atoms with E-state index >= 15 is 0 Å². The van der Waals surface area contributed by atoms with Crippen LogP contribution in [0.15, 0.2) is 66.9 Å². The summed E-state index contributed by atoms with van der Waals surface area (Å²) in [4.78, 5) is 16.4. The average Bonchev–Trinajstić information content (AvgIpc) is 2.63. The minimum absolute atomic E-state index is 0.0887. The van der Waals surface area contributed by atoms with Crippen LogP contribution in [0.2, 0.25) is 0 Å². The first-order valence-electron chi connectivity index (χ1n) is 8.11. The molecule has 1 heterocycles. The van der Waals surface area contributed by atoms with Crippen molar-refractivity contribution in [2.45, 2.75) is 13.1 Å². The number of amides is 1. The molecule has 2 aromatic carbocycles. The minimum Gasteiger partial charge on any atom is -0.340 e. The van der Waals surface area contributed by atoms with Gasteiger partial charge in [-0.2, -0.15) is 13.2 Å². The van der Waals surface area contributed by atoms with Gasteiger partial charge in [-0.1, -0.05) is 30.3 Å². The predicted octanol–water partition coefficient (Wildman–Crippen LogP) is 5.40. The molecule has 0 unspecified atom stereocenters. The molecular formula is C20H16F3N3O. The number of pyridine rings is 1. The van der Waals surface area contributed by atoms with Crippen LogP contribution in [0.25, 0.3) is 0 Å². The van der Waals surface area contributed by atoms with Crippen molar-refractivity contribution in [1.29, 1.82) is 0 Å². The first kappa shape index (κ1) is 18.4. The van der Waals surface area contributed by atoms with E-state index in [0.29, 0.717) is 11.3 Å². The second kappa shape index (κ2) is 7.49. The van der Waals surface area contributed by atoms with Crippen LogP contribution in [0, 0.1) is 6.92 Å². The highest BCUT2D eigenvalue weighted by molar-refractivity contribution is 6.05. The van der Waals surface area contributed by atoms with E-state index in [0.717, 1.165) is 11.6 Å². The molecular weight excluding hydrogens is 355 g/mol. The number of carbonyl (C=O) groups excluding carboxylic acids is 1. The summed E-state index contributed by atoms with van der Waals surface area (Å²) in [5.74, 6) is -0.0429. The second-order valence-corrected chi connectivity index (χ2v) is 5.87. The van der Waals surface area contributed by atoms with Crippen molar-refractivity contribution < 1.29 is 18.0 Å². The Kier molecular flexibility index (Phi) is 5.12. The molecule has 0 radical (unpaired) electrons. The number of aryl methyl sites for hydroxylation is 1. The third kappa shape index (κ3) is 4.44. The van der Waals surface area contributed by atoms with Crippen molar-refractivity contribution in [2.24, 2.45) is 0 Å². The van der Waals surface area contributed by atoms with Gasteiger partial charge in [-0.25, -0.2) is 4.98 Å². The fourth-order valence-electron chi connectivity index (χ4n) is 2.55. The normalized spacial score (nSPS) is 11.1. The van der Waals surface area contributed by atoms with Crippen LogP contribution in [0.4, 0.5) is 30.4 Å². The Balaban J connectivity index is 1.73. The quantitative estimate of drug-likeness (QED) is 0.645. The molecule has 1 aromatic heterocycles. The molecule has 1 amide bonds. The van der Waals surface area contributed by atoms with Crippen LogP contribution in [-0.2, 0) is 6.18 Å². The van der Waals surface area contributed by atoms with Crippen LogP contribution in [0.1, 0.15) is 21.5 Å². The van der Waals surface area contributed by atoms with E-state index in [9.17, 15) is 18.0 Å². The Morgan fingerprint density at radius 1 is 0.963 bits per heavy atom. The molecule has 27 heavy (non-hydrogen) atoms. The monoisotopic (exact) mass is 371 g/mol. The van der Waals surface area contributed by atoms with Gasteiger partial charge in [0.05, 0.1) is 23.1 Å². The molecule has 0 aliphatic carbocycles. The number of nitrogens with one attached hydrogen (secondary N) is 2. The van der Waals surface area contributed by atoms with E-state index in [1.165, 1.54) is 30.5 Å². The highest BCUT2D eigenvalue weighted by Crippen LogP contribution is 2.35. The third-order valence-electron chi connectivity index (χ3n) is 3.91. The van der Waals surface area contributed by atoms with Gasteiger partial charge in [-0.05, 0) is 42.8 Å². The molecule has 0 aliphatic heterocycles. The highest BCUT2D eigenvalue weighted by atomic mass is 19.4. The Labute approximate surface area is 154 Å². The van der Waals surface area contributed by atoms with Crippen molar-refractivity contribution in [3.05, 3.63) is 83.6 Å². The van der Waals surface area contributed by atoms with Gasteiger partial charge in [0.2, 0.25) is 0 Å². The standard InChI is InChI=1S/C20H16F3N3O/c1-13-6-2-3-7-15(13)19(27)25-14-10-11-18(24-12-14)26-17-9-5-4-8-16(17)20(21,22)23/h2-12H,1H3,(H,24,26)(H,25,27). The maximum Gasteiger partial charge on any atom is 0.418 e. The SMILES string of the molecule is Cc1ccccc1C(=O)Nc1ccc(Nc2ccccc2C(F)(F)F)nc1. The molecule has 0 atom stereocenters. The number of aromatic nitrogens is 1. The molecule has 138 valence electrons. The van der Waals surface area contributed by atoms with Gasteiger partial charge < -0.3 is 10.6 Å². The number of halogens is 3. The number of alkyl halides is 3. The van der Waals surface area contributed by atoms with Crippen LogP contribution in [0.3, 0.4) is 0 Å². The van der Waals surface area contributed by atoms with Gasteiger partial charge >= 0.3 is 6.18 Å². The van der Waals surface area contributed by atoms with Gasteiger partial charge in [0, 0.05) is 5.56 Å². The molecule has 3 rings (SSSR count). The number of carbonyl (C=O) groups is 1. The van der Waals surface area contributed by atoms with Crippen LogP contribution in [-0.4, -0.2) is 10.9 Å². The summed E-state index contributed by atoms with van der Waals surface area (Å²) in [6.07, 6.45) is -3.08. The van der Waals surface area contributed by atoms with Crippen molar-refractivity contribution in [3.8, 4) is 0 Å². The smallest absolute Gasteiger partial charge is 0.340 e. The average molecular weight is 371 g/mol. The van der Waals surface area contributed by atoms with Crippen LogP contribution in [0.5, 0.6) is 0 Å². The first-order valence-corrected chi connectivity index (χ1v) is 8.11. The molecule has 0 aliphatic rings. The van der Waals surface area contributed by atoms with Crippen LogP contribution >= 0.6 is 0 Å².